The number of halogens is 1. The van der Waals surface area contributed by atoms with Crippen molar-refractivity contribution in [3.8, 4) is 0 Å². The number of nitrogens with zero attached hydrogens (tertiary/aromatic N) is 1. The summed E-state index contributed by atoms with van der Waals surface area (Å²) in [6.07, 6.45) is 0. The van der Waals surface area contributed by atoms with E-state index in [1.807, 2.05) is 6.07 Å². The summed E-state index contributed by atoms with van der Waals surface area (Å²) >= 11 is 5.94. The molecule has 0 aliphatic heterocycles. The van der Waals surface area contributed by atoms with Gasteiger partial charge in [-0.15, -0.1) is 0 Å². The maximum atomic E-state index is 12.3. The molecule has 1 heterocycles. The highest BCUT2D eigenvalue weighted by molar-refractivity contribution is 6.30. The lowest BCUT2D eigenvalue weighted by Crippen LogP contribution is -2.31. The lowest BCUT2D eigenvalue weighted by atomic mass is 10.1. The molecule has 0 unspecified atom stereocenters. The van der Waals surface area contributed by atoms with Crippen molar-refractivity contribution in [3.63, 3.8) is 0 Å². The lowest BCUT2D eigenvalue weighted by Gasteiger charge is -2.14. The fourth-order valence-electron chi connectivity index (χ4n) is 2.61. The number of aromatic amines is 1. The first-order valence-corrected chi connectivity index (χ1v) is 8.53. The number of ether oxygens (including phenoxy) is 1. The minimum atomic E-state index is -0.798. The zero-order valence-electron chi connectivity index (χ0n) is 14.4. The van der Waals surface area contributed by atoms with Crippen molar-refractivity contribution in [1.82, 2.24) is 15.5 Å². The van der Waals surface area contributed by atoms with E-state index < -0.39 is 24.0 Å². The van der Waals surface area contributed by atoms with Crippen LogP contribution in [-0.2, 0) is 9.53 Å². The minimum Gasteiger partial charge on any atom is -0.451 e. The fourth-order valence-corrected chi connectivity index (χ4v) is 2.81. The third kappa shape index (κ3) is 4.32. The van der Waals surface area contributed by atoms with Crippen LogP contribution >= 0.6 is 11.6 Å². The number of aromatic nitrogens is 2. The summed E-state index contributed by atoms with van der Waals surface area (Å²) in [5.41, 5.74) is 0.367. The van der Waals surface area contributed by atoms with E-state index in [1.165, 1.54) is 0 Å². The number of hydrogen-bond donors (Lipinski definition) is 2. The predicted molar refractivity (Wildman–Crippen MR) is 101 cm³/mol. The molecule has 7 nitrogen and oxygen atoms in total. The number of H-pyrrole nitrogens is 1. The largest absolute Gasteiger partial charge is 0.451 e. The standard InChI is InChI=1S/C19H16ClN3O4/c1-11(12-5-4-6-13(20)9-12)21-16(24)10-27-19(26)17-14-7-2-3-8-15(14)18(25)23-22-17/h2-9,11H,10H2,1H3,(H,21,24)(H,23,25)/t11-/m1/s1. The average molecular weight is 386 g/mol. The van der Waals surface area contributed by atoms with Crippen LogP contribution in [0.2, 0.25) is 5.02 Å². The van der Waals surface area contributed by atoms with E-state index in [1.54, 1.807) is 49.4 Å². The van der Waals surface area contributed by atoms with Gasteiger partial charge < -0.3 is 10.1 Å². The van der Waals surface area contributed by atoms with Gasteiger partial charge in [-0.2, -0.15) is 5.10 Å². The van der Waals surface area contributed by atoms with E-state index in [9.17, 15) is 14.4 Å². The molecule has 0 aliphatic rings. The first-order chi connectivity index (χ1) is 13.0. The van der Waals surface area contributed by atoms with E-state index in [4.69, 9.17) is 16.3 Å². The molecule has 0 fully saturated rings. The molecule has 0 saturated carbocycles. The number of carbonyl (C=O) groups is 2. The molecule has 1 aromatic heterocycles. The molecule has 0 saturated heterocycles. The Morgan fingerprint density at radius 2 is 1.93 bits per heavy atom. The third-order valence-corrected chi connectivity index (χ3v) is 4.19. The van der Waals surface area contributed by atoms with Crippen molar-refractivity contribution in [3.05, 3.63) is 75.2 Å². The molecule has 3 rings (SSSR count). The molecule has 0 spiro atoms. The topological polar surface area (TPSA) is 101 Å². The van der Waals surface area contributed by atoms with Gasteiger partial charge in [-0.3, -0.25) is 9.59 Å². The maximum absolute atomic E-state index is 12.3. The average Bonchev–Trinajstić information content (AvgIpc) is 2.66. The van der Waals surface area contributed by atoms with Gasteiger partial charge in [-0.05, 0) is 30.7 Å². The number of benzene rings is 2. The molecule has 3 aromatic rings. The zero-order chi connectivity index (χ0) is 19.4. The van der Waals surface area contributed by atoms with E-state index in [-0.39, 0.29) is 11.7 Å². The Balaban J connectivity index is 1.65. The molecule has 0 aliphatic carbocycles. The van der Waals surface area contributed by atoms with Crippen LogP contribution in [0.1, 0.15) is 29.0 Å². The van der Waals surface area contributed by atoms with Crippen molar-refractivity contribution in [2.24, 2.45) is 0 Å². The predicted octanol–water partition coefficient (Wildman–Crippen LogP) is 2.61. The second-order valence-electron chi connectivity index (χ2n) is 5.87. The van der Waals surface area contributed by atoms with Crippen LogP contribution in [0.25, 0.3) is 10.8 Å². The van der Waals surface area contributed by atoms with Gasteiger partial charge in [0.1, 0.15) is 0 Å². The Morgan fingerprint density at radius 1 is 1.19 bits per heavy atom. The summed E-state index contributed by atoms with van der Waals surface area (Å²) in [7, 11) is 0. The molecule has 2 N–H and O–H groups in total. The molecule has 0 bridgehead atoms. The first-order valence-electron chi connectivity index (χ1n) is 8.15. The number of amides is 1. The molecule has 27 heavy (non-hydrogen) atoms. The van der Waals surface area contributed by atoms with Gasteiger partial charge in [-0.25, -0.2) is 9.89 Å². The van der Waals surface area contributed by atoms with Gasteiger partial charge in [-0.1, -0.05) is 41.9 Å². The number of esters is 1. The zero-order valence-corrected chi connectivity index (χ0v) is 15.1. The highest BCUT2D eigenvalue weighted by Crippen LogP contribution is 2.17. The number of hydrogen-bond acceptors (Lipinski definition) is 5. The van der Waals surface area contributed by atoms with Gasteiger partial charge in [0.25, 0.3) is 11.5 Å². The molecule has 8 heteroatoms. The van der Waals surface area contributed by atoms with Gasteiger partial charge >= 0.3 is 5.97 Å². The summed E-state index contributed by atoms with van der Waals surface area (Å²) in [4.78, 5) is 36.1. The third-order valence-electron chi connectivity index (χ3n) is 3.95. The molecular formula is C19H16ClN3O4. The molecular weight excluding hydrogens is 370 g/mol. The fraction of sp³-hybridized carbons (Fsp3) is 0.158. The number of carbonyl (C=O) groups excluding carboxylic acids is 2. The van der Waals surface area contributed by atoms with Gasteiger partial charge in [0.2, 0.25) is 0 Å². The van der Waals surface area contributed by atoms with Crippen molar-refractivity contribution >= 4 is 34.2 Å². The van der Waals surface area contributed by atoms with Gasteiger partial charge in [0.05, 0.1) is 11.4 Å². The highest BCUT2D eigenvalue weighted by atomic mass is 35.5. The SMILES string of the molecule is C[C@@H](NC(=O)COC(=O)c1n[nH]c(=O)c2ccccc12)c1cccc(Cl)c1. The molecule has 138 valence electrons. The van der Waals surface area contributed by atoms with Crippen molar-refractivity contribution in [2.75, 3.05) is 6.61 Å². The second kappa shape index (κ2) is 8.01. The van der Waals surface area contributed by atoms with Crippen LogP contribution in [0, 0.1) is 0 Å². The Morgan fingerprint density at radius 3 is 2.67 bits per heavy atom. The number of nitrogens with one attached hydrogen (secondary N) is 2. The summed E-state index contributed by atoms with van der Waals surface area (Å²) in [6, 6.07) is 13.3. The van der Waals surface area contributed by atoms with Crippen LogP contribution in [0.5, 0.6) is 0 Å². The van der Waals surface area contributed by atoms with Crippen LogP contribution < -0.4 is 10.9 Å². The van der Waals surface area contributed by atoms with Crippen molar-refractivity contribution in [2.45, 2.75) is 13.0 Å². The van der Waals surface area contributed by atoms with Crippen molar-refractivity contribution < 1.29 is 14.3 Å². The molecule has 2 aromatic carbocycles. The Kier molecular flexibility index (Phi) is 5.52. The Labute approximate surface area is 159 Å². The quantitative estimate of drug-likeness (QED) is 0.657. The lowest BCUT2D eigenvalue weighted by molar-refractivity contribution is -0.124. The first kappa shape index (κ1) is 18.6. The summed E-state index contributed by atoms with van der Waals surface area (Å²) in [5.74, 6) is -1.27. The van der Waals surface area contributed by atoms with E-state index in [0.717, 1.165) is 5.56 Å². The number of fused-ring (bicyclic) bond motifs is 1. The number of rotatable bonds is 5. The van der Waals surface area contributed by atoms with Crippen LogP contribution in [-0.4, -0.2) is 28.7 Å². The van der Waals surface area contributed by atoms with E-state index in [0.29, 0.717) is 15.8 Å². The smallest absolute Gasteiger partial charge is 0.359 e. The monoisotopic (exact) mass is 385 g/mol. The van der Waals surface area contributed by atoms with Crippen molar-refractivity contribution in [1.29, 1.82) is 0 Å². The van der Waals surface area contributed by atoms with E-state index in [2.05, 4.69) is 15.5 Å². The van der Waals surface area contributed by atoms with Crippen LogP contribution in [0.4, 0.5) is 0 Å². The maximum Gasteiger partial charge on any atom is 0.359 e. The normalized spacial score (nSPS) is 11.8. The van der Waals surface area contributed by atoms with Crippen LogP contribution in [0.15, 0.2) is 53.3 Å². The molecule has 1 amide bonds. The second-order valence-corrected chi connectivity index (χ2v) is 6.30. The molecule has 0 radical (unpaired) electrons. The van der Waals surface area contributed by atoms with E-state index >= 15 is 0 Å². The Bertz CT molecular complexity index is 1060. The molecule has 1 atom stereocenters. The van der Waals surface area contributed by atoms with Gasteiger partial charge in [0, 0.05) is 10.4 Å². The minimum absolute atomic E-state index is 0.0547. The summed E-state index contributed by atoms with van der Waals surface area (Å²) in [5, 5.41) is 9.96. The highest BCUT2D eigenvalue weighted by Gasteiger charge is 2.17. The summed E-state index contributed by atoms with van der Waals surface area (Å²) in [6.45, 7) is 1.32. The van der Waals surface area contributed by atoms with Crippen LogP contribution in [0.3, 0.4) is 0 Å². The Hall–Kier alpha value is -3.19. The van der Waals surface area contributed by atoms with Gasteiger partial charge in [0.15, 0.2) is 12.3 Å². The summed E-state index contributed by atoms with van der Waals surface area (Å²) < 4.78 is 5.04.